The quantitative estimate of drug-likeness (QED) is 0.820. The van der Waals surface area contributed by atoms with Crippen LogP contribution in [0.1, 0.15) is 6.92 Å². The summed E-state index contributed by atoms with van der Waals surface area (Å²) in [6, 6.07) is 7.50. The molecule has 0 radical (unpaired) electrons. The Morgan fingerprint density at radius 3 is 2.73 bits per heavy atom. The molecule has 0 bridgehead atoms. The number of rotatable bonds is 5. The van der Waals surface area contributed by atoms with Crippen molar-refractivity contribution in [3.63, 3.8) is 0 Å². The molecule has 1 aliphatic heterocycles. The monoisotopic (exact) mass is 305 g/mol. The number of carbonyl (C=O) groups is 2. The number of hydrogen-bond donors (Lipinski definition) is 1. The van der Waals surface area contributed by atoms with Crippen molar-refractivity contribution in [2.24, 2.45) is 5.92 Å². The zero-order valence-corrected chi connectivity index (χ0v) is 13.3. The third kappa shape index (κ3) is 3.45. The molecule has 1 N–H and O–H groups in total. The number of benzene rings is 1. The minimum absolute atomic E-state index is 0.0232. The molecule has 1 aliphatic rings. The van der Waals surface area contributed by atoms with Crippen molar-refractivity contribution in [3.8, 4) is 0 Å². The van der Waals surface area contributed by atoms with Crippen LogP contribution in [-0.2, 0) is 14.3 Å². The molecule has 120 valence electrons. The fraction of sp³-hybridized carbons (Fsp3) is 0.500. The average molecular weight is 305 g/mol. The van der Waals surface area contributed by atoms with Crippen LogP contribution in [0.4, 0.5) is 11.4 Å². The maximum absolute atomic E-state index is 12.5. The van der Waals surface area contributed by atoms with Crippen LogP contribution in [0.3, 0.4) is 0 Å². The summed E-state index contributed by atoms with van der Waals surface area (Å²) in [5.74, 6) is -0.256. The summed E-state index contributed by atoms with van der Waals surface area (Å²) in [4.78, 5) is 28.2. The van der Waals surface area contributed by atoms with Gasteiger partial charge in [-0.05, 0) is 12.1 Å². The molecule has 1 heterocycles. The first-order valence-electron chi connectivity index (χ1n) is 7.43. The number of methoxy groups -OCH3 is 1. The van der Waals surface area contributed by atoms with Gasteiger partial charge in [-0.3, -0.25) is 9.59 Å². The molecule has 22 heavy (non-hydrogen) atoms. The van der Waals surface area contributed by atoms with Gasteiger partial charge in [-0.25, -0.2) is 0 Å². The molecule has 1 unspecified atom stereocenters. The molecule has 0 saturated carbocycles. The minimum Gasteiger partial charge on any atom is -0.383 e. The number of carbonyl (C=O) groups excluding carboxylic acids is 2. The van der Waals surface area contributed by atoms with Gasteiger partial charge in [0.1, 0.15) is 0 Å². The summed E-state index contributed by atoms with van der Waals surface area (Å²) in [6.45, 7) is 3.64. The topological polar surface area (TPSA) is 61.9 Å². The number of amides is 2. The summed E-state index contributed by atoms with van der Waals surface area (Å²) >= 11 is 0. The van der Waals surface area contributed by atoms with Crippen LogP contribution in [0, 0.1) is 5.92 Å². The van der Waals surface area contributed by atoms with Crippen molar-refractivity contribution in [2.45, 2.75) is 6.92 Å². The first-order chi connectivity index (χ1) is 10.6. The van der Waals surface area contributed by atoms with Gasteiger partial charge in [0.25, 0.3) is 0 Å². The Morgan fingerprint density at radius 2 is 2.05 bits per heavy atom. The second kappa shape index (κ2) is 7.38. The van der Waals surface area contributed by atoms with E-state index in [1.165, 1.54) is 0 Å². The van der Waals surface area contributed by atoms with Crippen LogP contribution in [0.15, 0.2) is 24.3 Å². The van der Waals surface area contributed by atoms with Crippen LogP contribution in [0.5, 0.6) is 0 Å². The molecule has 6 nitrogen and oxygen atoms in total. The molecular formula is C16H23N3O3. The minimum atomic E-state index is -0.236. The van der Waals surface area contributed by atoms with Gasteiger partial charge in [0, 0.05) is 27.2 Å². The lowest BCUT2D eigenvalue weighted by Gasteiger charge is -2.24. The largest absolute Gasteiger partial charge is 0.383 e. The summed E-state index contributed by atoms with van der Waals surface area (Å²) in [6.07, 6.45) is 0. The number of para-hydroxylation sites is 2. The van der Waals surface area contributed by atoms with Gasteiger partial charge >= 0.3 is 0 Å². The zero-order valence-electron chi connectivity index (χ0n) is 13.3. The predicted octanol–water partition coefficient (Wildman–Crippen LogP) is 0.868. The van der Waals surface area contributed by atoms with E-state index in [2.05, 4.69) is 5.32 Å². The van der Waals surface area contributed by atoms with Gasteiger partial charge in [-0.2, -0.15) is 0 Å². The fourth-order valence-electron chi connectivity index (χ4n) is 2.58. The Morgan fingerprint density at radius 1 is 1.36 bits per heavy atom. The van der Waals surface area contributed by atoms with E-state index in [9.17, 15) is 9.59 Å². The Hall–Kier alpha value is -1.92. The number of fused-ring (bicyclic) bond motifs is 1. The van der Waals surface area contributed by atoms with Gasteiger partial charge < -0.3 is 19.9 Å². The number of hydrogen-bond acceptors (Lipinski definition) is 4. The Balaban J connectivity index is 2.21. The van der Waals surface area contributed by atoms with Crippen molar-refractivity contribution in [2.75, 3.05) is 50.2 Å². The van der Waals surface area contributed by atoms with E-state index in [1.807, 2.05) is 31.2 Å². The first-order valence-corrected chi connectivity index (χ1v) is 7.43. The molecule has 2 amide bonds. The lowest BCUT2D eigenvalue weighted by atomic mass is 10.1. The van der Waals surface area contributed by atoms with Gasteiger partial charge in [0.15, 0.2) is 0 Å². The highest BCUT2D eigenvalue weighted by atomic mass is 16.5. The third-order valence-corrected chi connectivity index (χ3v) is 3.80. The van der Waals surface area contributed by atoms with Crippen molar-refractivity contribution >= 4 is 23.2 Å². The fourth-order valence-corrected chi connectivity index (χ4v) is 2.58. The van der Waals surface area contributed by atoms with Crippen molar-refractivity contribution in [3.05, 3.63) is 24.3 Å². The maximum Gasteiger partial charge on any atom is 0.241 e. The number of nitrogens with zero attached hydrogens (tertiary/aromatic N) is 2. The maximum atomic E-state index is 12.5. The molecular weight excluding hydrogens is 282 g/mol. The smallest absolute Gasteiger partial charge is 0.241 e. The second-order valence-electron chi connectivity index (χ2n) is 5.46. The second-order valence-corrected chi connectivity index (χ2v) is 5.46. The van der Waals surface area contributed by atoms with Crippen molar-refractivity contribution in [1.29, 1.82) is 0 Å². The van der Waals surface area contributed by atoms with Gasteiger partial charge in [-0.15, -0.1) is 0 Å². The normalized spacial score (nSPS) is 18.1. The molecule has 1 aromatic rings. The van der Waals surface area contributed by atoms with Gasteiger partial charge in [0.2, 0.25) is 11.8 Å². The number of anilines is 2. The molecule has 2 rings (SSSR count). The van der Waals surface area contributed by atoms with E-state index in [1.54, 1.807) is 24.0 Å². The van der Waals surface area contributed by atoms with Crippen LogP contribution in [0.2, 0.25) is 0 Å². The number of nitrogens with one attached hydrogen (secondary N) is 1. The molecule has 0 aromatic heterocycles. The standard InChI is InChI=1S/C16H23N3O3/c1-12-11-19(15(20)10-17-8-9-22-3)14-7-5-4-6-13(14)18(2)16(12)21/h4-7,12,17H,8-11H2,1-3H3. The highest BCUT2D eigenvalue weighted by Crippen LogP contribution is 2.33. The zero-order chi connectivity index (χ0) is 16.1. The molecule has 0 spiro atoms. The average Bonchev–Trinajstić information content (AvgIpc) is 2.63. The first kappa shape index (κ1) is 16.5. The van der Waals surface area contributed by atoms with E-state index in [0.717, 1.165) is 11.4 Å². The lowest BCUT2D eigenvalue weighted by molar-refractivity contribution is -0.121. The SMILES string of the molecule is COCCNCC(=O)N1CC(C)C(=O)N(C)c2ccccc21. The predicted molar refractivity (Wildman–Crippen MR) is 86.1 cm³/mol. The molecule has 0 aliphatic carbocycles. The van der Waals surface area contributed by atoms with Gasteiger partial charge in [0.05, 0.1) is 30.4 Å². The Labute approximate surface area is 131 Å². The summed E-state index contributed by atoms with van der Waals surface area (Å²) < 4.78 is 4.95. The van der Waals surface area contributed by atoms with Crippen molar-refractivity contribution < 1.29 is 14.3 Å². The van der Waals surface area contributed by atoms with E-state index >= 15 is 0 Å². The van der Waals surface area contributed by atoms with Gasteiger partial charge in [-0.1, -0.05) is 19.1 Å². The van der Waals surface area contributed by atoms with E-state index in [-0.39, 0.29) is 24.3 Å². The van der Waals surface area contributed by atoms with Crippen LogP contribution < -0.4 is 15.1 Å². The van der Waals surface area contributed by atoms with Crippen molar-refractivity contribution in [1.82, 2.24) is 5.32 Å². The lowest BCUT2D eigenvalue weighted by Crippen LogP contribution is -2.42. The molecule has 0 fully saturated rings. The molecule has 0 saturated heterocycles. The summed E-state index contributed by atoms with van der Waals surface area (Å²) in [5.41, 5.74) is 1.54. The van der Waals surface area contributed by atoms with E-state index < -0.39 is 0 Å². The molecule has 6 heteroatoms. The van der Waals surface area contributed by atoms with E-state index in [4.69, 9.17) is 4.74 Å². The third-order valence-electron chi connectivity index (χ3n) is 3.80. The van der Waals surface area contributed by atoms with Crippen LogP contribution in [0.25, 0.3) is 0 Å². The highest BCUT2D eigenvalue weighted by Gasteiger charge is 2.31. The molecule has 1 atom stereocenters. The summed E-state index contributed by atoms with van der Waals surface area (Å²) in [5, 5.41) is 3.06. The Bertz CT molecular complexity index is 547. The van der Waals surface area contributed by atoms with E-state index in [0.29, 0.717) is 19.7 Å². The number of ether oxygens (including phenoxy) is 1. The van der Waals surface area contributed by atoms with Crippen LogP contribution in [-0.4, -0.2) is 52.2 Å². The highest BCUT2D eigenvalue weighted by molar-refractivity contribution is 6.05. The molecule has 1 aromatic carbocycles. The summed E-state index contributed by atoms with van der Waals surface area (Å²) in [7, 11) is 3.38. The Kier molecular flexibility index (Phi) is 5.51. The van der Waals surface area contributed by atoms with Crippen LogP contribution >= 0.6 is 0 Å².